The summed E-state index contributed by atoms with van der Waals surface area (Å²) in [7, 11) is 0. The van der Waals surface area contributed by atoms with Gasteiger partial charge < -0.3 is 9.52 Å². The molecule has 17 heavy (non-hydrogen) atoms. The highest BCUT2D eigenvalue weighted by atomic mass is 32.1. The molecule has 0 saturated heterocycles. The molecule has 0 radical (unpaired) electrons. The van der Waals surface area contributed by atoms with Gasteiger partial charge in [-0.2, -0.15) is 4.37 Å². The van der Waals surface area contributed by atoms with E-state index in [1.54, 1.807) is 0 Å². The molecule has 3 rings (SSSR count). The number of carbonyl (C=O) groups is 1. The van der Waals surface area contributed by atoms with Gasteiger partial charge in [-0.1, -0.05) is 18.2 Å². The third-order valence-corrected chi connectivity index (χ3v) is 3.18. The van der Waals surface area contributed by atoms with Gasteiger partial charge >= 0.3 is 5.97 Å². The number of fused-ring (bicyclic) bond motifs is 1. The average molecular weight is 245 g/mol. The Morgan fingerprint density at radius 1 is 1.29 bits per heavy atom. The van der Waals surface area contributed by atoms with Gasteiger partial charge in [-0.15, -0.1) is 0 Å². The molecule has 4 nitrogen and oxygen atoms in total. The molecule has 0 fully saturated rings. The van der Waals surface area contributed by atoms with E-state index in [0.717, 1.165) is 22.5 Å². The van der Waals surface area contributed by atoms with Crippen LogP contribution in [-0.2, 0) is 0 Å². The van der Waals surface area contributed by atoms with Gasteiger partial charge in [0.1, 0.15) is 16.2 Å². The van der Waals surface area contributed by atoms with Gasteiger partial charge in [0.25, 0.3) is 0 Å². The Morgan fingerprint density at radius 2 is 2.12 bits per heavy atom. The van der Waals surface area contributed by atoms with Crippen molar-refractivity contribution in [2.45, 2.75) is 0 Å². The zero-order chi connectivity index (χ0) is 11.8. The predicted molar refractivity (Wildman–Crippen MR) is 64.3 cm³/mol. The first-order chi connectivity index (χ1) is 8.24. The molecule has 0 unspecified atom stereocenters. The first-order valence-electron chi connectivity index (χ1n) is 4.93. The van der Waals surface area contributed by atoms with E-state index in [0.29, 0.717) is 11.5 Å². The normalized spacial score (nSPS) is 10.8. The Hall–Kier alpha value is -2.14. The van der Waals surface area contributed by atoms with Crippen LogP contribution in [0.25, 0.3) is 22.4 Å². The second-order valence-electron chi connectivity index (χ2n) is 3.53. The SMILES string of the molecule is O=C(O)c1cc(-c2cc3ccccc3o2)ns1. The molecule has 3 aromatic rings. The second kappa shape index (κ2) is 3.71. The molecule has 0 saturated carbocycles. The molecule has 2 heterocycles. The van der Waals surface area contributed by atoms with Crippen molar-refractivity contribution in [2.75, 3.05) is 0 Å². The molecule has 1 N–H and O–H groups in total. The first kappa shape index (κ1) is 10.0. The van der Waals surface area contributed by atoms with E-state index in [1.165, 1.54) is 6.07 Å². The molecule has 5 heteroatoms. The average Bonchev–Trinajstić information content (AvgIpc) is 2.95. The molecule has 0 bridgehead atoms. The van der Waals surface area contributed by atoms with E-state index in [9.17, 15) is 4.79 Å². The highest BCUT2D eigenvalue weighted by molar-refractivity contribution is 7.08. The third kappa shape index (κ3) is 1.70. The minimum atomic E-state index is -0.968. The van der Waals surface area contributed by atoms with Crippen LogP contribution >= 0.6 is 11.5 Å². The summed E-state index contributed by atoms with van der Waals surface area (Å²) >= 11 is 0.953. The molecule has 0 aliphatic heterocycles. The number of hydrogen-bond donors (Lipinski definition) is 1. The van der Waals surface area contributed by atoms with Gasteiger partial charge in [-0.25, -0.2) is 4.79 Å². The Bertz CT molecular complexity index is 665. The maximum absolute atomic E-state index is 10.8. The van der Waals surface area contributed by atoms with Crippen LogP contribution in [0.4, 0.5) is 0 Å². The number of hydrogen-bond acceptors (Lipinski definition) is 4. The molecule has 2 aromatic heterocycles. The Balaban J connectivity index is 2.10. The summed E-state index contributed by atoms with van der Waals surface area (Å²) in [5.74, 6) is -0.375. The van der Waals surface area contributed by atoms with Crippen LogP contribution in [0.3, 0.4) is 0 Å². The molecular formula is C12H7NO3S. The minimum Gasteiger partial charge on any atom is -0.477 e. The van der Waals surface area contributed by atoms with Crippen molar-refractivity contribution in [1.29, 1.82) is 0 Å². The zero-order valence-electron chi connectivity index (χ0n) is 8.58. The molecule has 84 valence electrons. The molecule has 0 aliphatic carbocycles. The van der Waals surface area contributed by atoms with Crippen molar-refractivity contribution in [2.24, 2.45) is 0 Å². The van der Waals surface area contributed by atoms with Gasteiger partial charge in [0, 0.05) is 5.39 Å². The number of aromatic nitrogens is 1. The fraction of sp³-hybridized carbons (Fsp3) is 0. The Kier molecular flexibility index (Phi) is 2.19. The summed E-state index contributed by atoms with van der Waals surface area (Å²) in [6.45, 7) is 0. The van der Waals surface area contributed by atoms with Crippen molar-refractivity contribution in [3.8, 4) is 11.5 Å². The molecule has 0 aliphatic rings. The second-order valence-corrected chi connectivity index (χ2v) is 4.34. The van der Waals surface area contributed by atoms with Crippen molar-refractivity contribution in [3.63, 3.8) is 0 Å². The maximum atomic E-state index is 10.8. The zero-order valence-corrected chi connectivity index (χ0v) is 9.40. The van der Waals surface area contributed by atoms with E-state index in [4.69, 9.17) is 9.52 Å². The molecule has 0 amide bonds. The molecule has 0 atom stereocenters. The van der Waals surface area contributed by atoms with Gasteiger partial charge in [-0.3, -0.25) is 0 Å². The highest BCUT2D eigenvalue weighted by Gasteiger charge is 2.13. The summed E-state index contributed by atoms with van der Waals surface area (Å²) in [5.41, 5.74) is 1.33. The number of nitrogens with zero attached hydrogens (tertiary/aromatic N) is 1. The van der Waals surface area contributed by atoms with Crippen molar-refractivity contribution < 1.29 is 14.3 Å². The lowest BCUT2D eigenvalue weighted by Gasteiger charge is -1.86. The van der Waals surface area contributed by atoms with Crippen molar-refractivity contribution >= 4 is 28.5 Å². The minimum absolute atomic E-state index is 0.209. The van der Waals surface area contributed by atoms with Crippen molar-refractivity contribution in [3.05, 3.63) is 41.3 Å². The van der Waals surface area contributed by atoms with Crippen molar-refractivity contribution in [1.82, 2.24) is 4.37 Å². The summed E-state index contributed by atoms with van der Waals surface area (Å²) < 4.78 is 9.67. The standard InChI is InChI=1S/C12H7NO3S/c14-12(15)11-6-8(13-17-11)10-5-7-3-1-2-4-9(7)16-10/h1-6H,(H,14,15). The fourth-order valence-corrected chi connectivity index (χ4v) is 2.18. The van der Waals surface area contributed by atoms with E-state index < -0.39 is 5.97 Å². The maximum Gasteiger partial charge on any atom is 0.347 e. The summed E-state index contributed by atoms with van der Waals surface area (Å²) in [4.78, 5) is 11.0. The number of carboxylic acid groups (broad SMARTS) is 1. The predicted octanol–water partition coefficient (Wildman–Crippen LogP) is 3.25. The van der Waals surface area contributed by atoms with Crippen LogP contribution in [0.15, 0.2) is 40.8 Å². The van der Waals surface area contributed by atoms with E-state index in [-0.39, 0.29) is 4.88 Å². The van der Waals surface area contributed by atoms with Crippen LogP contribution in [0.1, 0.15) is 9.67 Å². The highest BCUT2D eigenvalue weighted by Crippen LogP contribution is 2.28. The number of aromatic carboxylic acids is 1. The lowest BCUT2D eigenvalue weighted by Crippen LogP contribution is -1.89. The van der Waals surface area contributed by atoms with Gasteiger partial charge in [0.2, 0.25) is 0 Å². The topological polar surface area (TPSA) is 63.3 Å². The van der Waals surface area contributed by atoms with E-state index in [2.05, 4.69) is 4.37 Å². The summed E-state index contributed by atoms with van der Waals surface area (Å²) in [6, 6.07) is 11.0. The molecular weight excluding hydrogens is 238 g/mol. The van der Waals surface area contributed by atoms with Crippen LogP contribution in [0.2, 0.25) is 0 Å². The summed E-state index contributed by atoms with van der Waals surface area (Å²) in [6.07, 6.45) is 0. The molecule has 0 spiro atoms. The lowest BCUT2D eigenvalue weighted by molar-refractivity contribution is 0.0702. The van der Waals surface area contributed by atoms with Crippen LogP contribution < -0.4 is 0 Å². The third-order valence-electron chi connectivity index (χ3n) is 2.40. The van der Waals surface area contributed by atoms with Crippen LogP contribution in [-0.4, -0.2) is 15.4 Å². The lowest BCUT2D eigenvalue weighted by atomic mass is 10.2. The molecule has 1 aromatic carbocycles. The van der Waals surface area contributed by atoms with Gasteiger partial charge in [-0.05, 0) is 29.7 Å². The van der Waals surface area contributed by atoms with Crippen LogP contribution in [0.5, 0.6) is 0 Å². The smallest absolute Gasteiger partial charge is 0.347 e. The largest absolute Gasteiger partial charge is 0.477 e. The summed E-state index contributed by atoms with van der Waals surface area (Å²) in [5, 5.41) is 9.80. The van der Waals surface area contributed by atoms with E-state index in [1.807, 2.05) is 30.3 Å². The van der Waals surface area contributed by atoms with E-state index >= 15 is 0 Å². The number of furan rings is 1. The monoisotopic (exact) mass is 245 g/mol. The fourth-order valence-electron chi connectivity index (χ4n) is 1.60. The van der Waals surface area contributed by atoms with Gasteiger partial charge in [0.15, 0.2) is 5.76 Å². The van der Waals surface area contributed by atoms with Gasteiger partial charge in [0.05, 0.1) is 0 Å². The number of para-hydroxylation sites is 1. The van der Waals surface area contributed by atoms with Crippen LogP contribution in [0, 0.1) is 0 Å². The Morgan fingerprint density at radius 3 is 2.82 bits per heavy atom. The number of carboxylic acids is 1. The Labute approximate surface area is 100 Å². The number of rotatable bonds is 2. The quantitative estimate of drug-likeness (QED) is 0.752. The first-order valence-corrected chi connectivity index (χ1v) is 5.70. The number of benzene rings is 1.